The Morgan fingerprint density at radius 1 is 1.29 bits per heavy atom. The Labute approximate surface area is 116 Å². The lowest BCUT2D eigenvalue weighted by Gasteiger charge is -2.21. The Bertz CT molecular complexity index is 436. The minimum absolute atomic E-state index is 0.667. The largest absolute Gasteiger partial charge is 0.342 e. The number of H-pyrrole nitrogens is 1. The van der Waals surface area contributed by atoms with Gasteiger partial charge >= 0.3 is 0 Å². The number of nitrogens with zero attached hydrogens (tertiary/aromatic N) is 2. The standard InChI is InChI=1S/C12H18BrN3S/c1-2-9-10(13)11(17)15-12(14-9)16-7-5-3-4-6-8-16/h2-8H2,1H3,(H,14,15,17). The molecule has 1 aromatic heterocycles. The van der Waals surface area contributed by atoms with Gasteiger partial charge in [0.05, 0.1) is 4.47 Å². The van der Waals surface area contributed by atoms with Crippen LogP contribution in [-0.2, 0) is 6.42 Å². The lowest BCUT2D eigenvalue weighted by Crippen LogP contribution is -2.26. The molecule has 0 spiro atoms. The molecular formula is C12H18BrN3S. The molecule has 17 heavy (non-hydrogen) atoms. The molecule has 0 unspecified atom stereocenters. The fourth-order valence-electron chi connectivity index (χ4n) is 2.17. The summed E-state index contributed by atoms with van der Waals surface area (Å²) < 4.78 is 1.61. The number of aromatic amines is 1. The van der Waals surface area contributed by atoms with Gasteiger partial charge in [-0.25, -0.2) is 4.98 Å². The van der Waals surface area contributed by atoms with Crippen LogP contribution in [0.1, 0.15) is 38.3 Å². The first-order valence-corrected chi connectivity index (χ1v) is 7.46. The first-order chi connectivity index (χ1) is 8.22. The van der Waals surface area contributed by atoms with Crippen molar-refractivity contribution in [1.29, 1.82) is 0 Å². The fourth-order valence-corrected chi connectivity index (χ4v) is 2.85. The summed E-state index contributed by atoms with van der Waals surface area (Å²) in [6.45, 7) is 4.30. The van der Waals surface area contributed by atoms with Gasteiger partial charge in [-0.2, -0.15) is 0 Å². The predicted molar refractivity (Wildman–Crippen MR) is 77.2 cm³/mol. The lowest BCUT2D eigenvalue weighted by molar-refractivity contribution is 0.726. The Balaban J connectivity index is 2.31. The summed E-state index contributed by atoms with van der Waals surface area (Å²) in [4.78, 5) is 10.2. The molecule has 5 heteroatoms. The average Bonchev–Trinajstić information content (AvgIpc) is 2.61. The first kappa shape index (κ1) is 13.0. The van der Waals surface area contributed by atoms with Gasteiger partial charge in [0, 0.05) is 18.8 Å². The Morgan fingerprint density at radius 2 is 1.94 bits per heavy atom. The zero-order valence-electron chi connectivity index (χ0n) is 10.1. The van der Waals surface area contributed by atoms with Crippen molar-refractivity contribution in [1.82, 2.24) is 9.97 Å². The SMILES string of the molecule is CCc1[nH]c(N2CCCCCC2)nc(=S)c1Br. The average molecular weight is 316 g/mol. The summed E-state index contributed by atoms with van der Waals surface area (Å²) in [6.07, 6.45) is 6.09. The summed E-state index contributed by atoms with van der Waals surface area (Å²) in [6, 6.07) is 0. The summed E-state index contributed by atoms with van der Waals surface area (Å²) in [5, 5.41) is 0. The van der Waals surface area contributed by atoms with Crippen molar-refractivity contribution in [2.24, 2.45) is 0 Å². The van der Waals surface area contributed by atoms with Crippen LogP contribution in [0, 0.1) is 4.64 Å². The molecule has 0 atom stereocenters. The number of hydrogen-bond acceptors (Lipinski definition) is 3. The summed E-state index contributed by atoms with van der Waals surface area (Å²) in [5.74, 6) is 0.942. The normalized spacial score (nSPS) is 16.9. The molecule has 2 rings (SSSR count). The molecule has 1 fully saturated rings. The number of aryl methyl sites for hydroxylation is 1. The van der Waals surface area contributed by atoms with Crippen molar-refractivity contribution < 1.29 is 0 Å². The van der Waals surface area contributed by atoms with Gasteiger partial charge in [0.25, 0.3) is 0 Å². The molecule has 94 valence electrons. The first-order valence-electron chi connectivity index (χ1n) is 6.26. The van der Waals surface area contributed by atoms with Gasteiger partial charge in [-0.05, 0) is 35.2 Å². The van der Waals surface area contributed by atoms with Gasteiger partial charge in [0.1, 0.15) is 4.64 Å². The molecule has 1 aromatic rings. The maximum atomic E-state index is 5.29. The van der Waals surface area contributed by atoms with E-state index in [4.69, 9.17) is 12.2 Å². The maximum Gasteiger partial charge on any atom is 0.204 e. The van der Waals surface area contributed by atoms with Crippen molar-refractivity contribution >= 4 is 34.1 Å². The van der Waals surface area contributed by atoms with Crippen LogP contribution in [0.5, 0.6) is 0 Å². The number of aromatic nitrogens is 2. The Hall–Kier alpha value is -0.420. The van der Waals surface area contributed by atoms with Crippen molar-refractivity contribution in [2.75, 3.05) is 18.0 Å². The third-order valence-corrected chi connectivity index (χ3v) is 4.59. The third-order valence-electron chi connectivity index (χ3n) is 3.18. The van der Waals surface area contributed by atoms with E-state index < -0.39 is 0 Å². The highest BCUT2D eigenvalue weighted by Gasteiger charge is 2.13. The summed E-state index contributed by atoms with van der Waals surface area (Å²) in [7, 11) is 0. The van der Waals surface area contributed by atoms with Crippen molar-refractivity contribution in [3.63, 3.8) is 0 Å². The van der Waals surface area contributed by atoms with Crippen LogP contribution >= 0.6 is 28.1 Å². The Kier molecular flexibility index (Phi) is 4.56. The number of hydrogen-bond donors (Lipinski definition) is 1. The predicted octanol–water partition coefficient (Wildman–Crippen LogP) is 3.84. The van der Waals surface area contributed by atoms with E-state index in [9.17, 15) is 0 Å². The maximum absolute atomic E-state index is 5.29. The zero-order chi connectivity index (χ0) is 12.3. The number of halogens is 1. The van der Waals surface area contributed by atoms with E-state index in [0.717, 1.165) is 35.6 Å². The highest BCUT2D eigenvalue weighted by Crippen LogP contribution is 2.21. The number of nitrogens with one attached hydrogen (secondary N) is 1. The molecule has 1 aliphatic rings. The number of rotatable bonds is 2. The second kappa shape index (κ2) is 5.96. The quantitative estimate of drug-likeness (QED) is 0.841. The van der Waals surface area contributed by atoms with Gasteiger partial charge in [0.2, 0.25) is 5.95 Å². The van der Waals surface area contributed by atoms with Gasteiger partial charge in [-0.3, -0.25) is 0 Å². The van der Waals surface area contributed by atoms with Crippen LogP contribution in [-0.4, -0.2) is 23.1 Å². The molecule has 3 nitrogen and oxygen atoms in total. The van der Waals surface area contributed by atoms with Crippen molar-refractivity contribution in [3.8, 4) is 0 Å². The van der Waals surface area contributed by atoms with E-state index in [1.807, 2.05) is 0 Å². The minimum atomic E-state index is 0.667. The third kappa shape index (κ3) is 3.07. The minimum Gasteiger partial charge on any atom is -0.342 e. The topological polar surface area (TPSA) is 31.9 Å². The van der Waals surface area contributed by atoms with E-state index in [1.54, 1.807) is 0 Å². The molecule has 0 radical (unpaired) electrons. The highest BCUT2D eigenvalue weighted by molar-refractivity contribution is 9.10. The van der Waals surface area contributed by atoms with Gasteiger partial charge in [-0.15, -0.1) is 0 Å². The second-order valence-electron chi connectivity index (χ2n) is 4.41. The Morgan fingerprint density at radius 3 is 2.53 bits per heavy atom. The van der Waals surface area contributed by atoms with Crippen LogP contribution in [0.2, 0.25) is 0 Å². The molecule has 2 heterocycles. The van der Waals surface area contributed by atoms with Gasteiger partial charge in [0.15, 0.2) is 0 Å². The van der Waals surface area contributed by atoms with Crippen molar-refractivity contribution in [2.45, 2.75) is 39.0 Å². The fraction of sp³-hybridized carbons (Fsp3) is 0.667. The smallest absolute Gasteiger partial charge is 0.204 e. The molecule has 0 aliphatic carbocycles. The molecule has 0 aromatic carbocycles. The summed E-state index contributed by atoms with van der Waals surface area (Å²) >= 11 is 8.79. The van der Waals surface area contributed by atoms with Crippen LogP contribution in [0.4, 0.5) is 5.95 Å². The van der Waals surface area contributed by atoms with Gasteiger partial charge in [-0.1, -0.05) is 32.0 Å². The lowest BCUT2D eigenvalue weighted by atomic mass is 10.2. The van der Waals surface area contributed by atoms with Crippen LogP contribution in [0.3, 0.4) is 0 Å². The molecule has 0 saturated carbocycles. The second-order valence-corrected chi connectivity index (χ2v) is 5.59. The van der Waals surface area contributed by atoms with E-state index in [1.165, 1.54) is 25.7 Å². The molecule has 0 amide bonds. The van der Waals surface area contributed by atoms with Crippen molar-refractivity contribution in [3.05, 3.63) is 14.8 Å². The van der Waals surface area contributed by atoms with Crippen LogP contribution < -0.4 is 4.90 Å². The van der Waals surface area contributed by atoms with E-state index in [-0.39, 0.29) is 0 Å². The van der Waals surface area contributed by atoms with Crippen LogP contribution in [0.15, 0.2) is 4.47 Å². The van der Waals surface area contributed by atoms with E-state index in [0.29, 0.717) is 4.64 Å². The van der Waals surface area contributed by atoms with E-state index in [2.05, 4.69) is 37.7 Å². The summed E-state index contributed by atoms with van der Waals surface area (Å²) in [5.41, 5.74) is 1.14. The molecule has 1 saturated heterocycles. The number of anilines is 1. The molecule has 1 N–H and O–H groups in total. The molecule has 0 bridgehead atoms. The monoisotopic (exact) mass is 315 g/mol. The molecule has 1 aliphatic heterocycles. The molecular weight excluding hydrogens is 298 g/mol. The highest BCUT2D eigenvalue weighted by atomic mass is 79.9. The van der Waals surface area contributed by atoms with Gasteiger partial charge < -0.3 is 9.88 Å². The zero-order valence-corrected chi connectivity index (χ0v) is 12.5. The van der Waals surface area contributed by atoms with E-state index >= 15 is 0 Å². The van der Waals surface area contributed by atoms with Crippen LogP contribution in [0.25, 0.3) is 0 Å².